The molecule has 0 saturated carbocycles. The molecule has 98 valence electrons. The van der Waals surface area contributed by atoms with Crippen LogP contribution in [0.3, 0.4) is 0 Å². The van der Waals surface area contributed by atoms with Gasteiger partial charge in [0.15, 0.2) is 0 Å². The van der Waals surface area contributed by atoms with Gasteiger partial charge in [0, 0.05) is 19.8 Å². The molecule has 0 aliphatic carbocycles. The normalized spacial score (nSPS) is 16.3. The lowest BCUT2D eigenvalue weighted by Crippen LogP contribution is -2.32. The van der Waals surface area contributed by atoms with Crippen LogP contribution in [-0.2, 0) is 4.74 Å². The zero-order chi connectivity index (χ0) is 12.8. The third-order valence-electron chi connectivity index (χ3n) is 3.05. The molecule has 1 aromatic heterocycles. The Hall–Kier alpha value is -1.66. The van der Waals surface area contributed by atoms with Crippen molar-refractivity contribution in [2.24, 2.45) is 11.8 Å². The molecule has 1 aromatic rings. The SMILES string of the molecule is NNc1ccc(C(=O)NCC2CCOCC2)nc1. The Labute approximate surface area is 106 Å². The van der Waals surface area contributed by atoms with Crippen LogP contribution in [0.5, 0.6) is 0 Å². The van der Waals surface area contributed by atoms with Crippen LogP contribution in [0.15, 0.2) is 18.3 Å². The van der Waals surface area contributed by atoms with Crippen molar-refractivity contribution >= 4 is 11.6 Å². The molecule has 6 nitrogen and oxygen atoms in total. The Morgan fingerprint density at radius 2 is 2.22 bits per heavy atom. The fourth-order valence-electron chi connectivity index (χ4n) is 1.89. The molecule has 0 atom stereocenters. The van der Waals surface area contributed by atoms with Gasteiger partial charge in [-0.2, -0.15) is 0 Å². The van der Waals surface area contributed by atoms with Crippen LogP contribution in [0.1, 0.15) is 23.3 Å². The first-order valence-electron chi connectivity index (χ1n) is 6.08. The summed E-state index contributed by atoms with van der Waals surface area (Å²) in [5.74, 6) is 5.59. The van der Waals surface area contributed by atoms with Crippen molar-refractivity contribution in [1.82, 2.24) is 10.3 Å². The number of hydrogen-bond donors (Lipinski definition) is 3. The smallest absolute Gasteiger partial charge is 0.269 e. The topological polar surface area (TPSA) is 89.3 Å². The van der Waals surface area contributed by atoms with E-state index in [2.05, 4.69) is 15.7 Å². The van der Waals surface area contributed by atoms with Gasteiger partial charge in [-0.1, -0.05) is 0 Å². The van der Waals surface area contributed by atoms with Gasteiger partial charge in [0.05, 0.1) is 11.9 Å². The molecule has 2 heterocycles. The van der Waals surface area contributed by atoms with Gasteiger partial charge < -0.3 is 15.5 Å². The number of nitrogen functional groups attached to an aromatic ring is 1. The van der Waals surface area contributed by atoms with Gasteiger partial charge in [-0.25, -0.2) is 4.98 Å². The number of nitrogens with zero attached hydrogens (tertiary/aromatic N) is 1. The molecule has 2 rings (SSSR count). The standard InChI is InChI=1S/C12H18N4O2/c13-16-10-1-2-11(14-8-10)12(17)15-7-9-3-5-18-6-4-9/h1-2,8-9,16H,3-7,13H2,(H,15,17). The van der Waals surface area contributed by atoms with Gasteiger partial charge in [0.2, 0.25) is 0 Å². The van der Waals surface area contributed by atoms with Crippen LogP contribution < -0.4 is 16.6 Å². The van der Waals surface area contributed by atoms with Gasteiger partial charge in [-0.15, -0.1) is 0 Å². The van der Waals surface area contributed by atoms with Crippen LogP contribution in [0.2, 0.25) is 0 Å². The van der Waals surface area contributed by atoms with Crippen molar-refractivity contribution in [2.75, 3.05) is 25.2 Å². The fraction of sp³-hybridized carbons (Fsp3) is 0.500. The van der Waals surface area contributed by atoms with Crippen LogP contribution in [0.25, 0.3) is 0 Å². The largest absolute Gasteiger partial charge is 0.381 e. The van der Waals surface area contributed by atoms with Gasteiger partial charge in [-0.05, 0) is 30.9 Å². The molecule has 1 saturated heterocycles. The number of hydrazine groups is 1. The van der Waals surface area contributed by atoms with Crippen molar-refractivity contribution in [1.29, 1.82) is 0 Å². The number of hydrogen-bond acceptors (Lipinski definition) is 5. The van der Waals surface area contributed by atoms with E-state index in [1.165, 1.54) is 6.20 Å². The van der Waals surface area contributed by atoms with E-state index in [9.17, 15) is 4.79 Å². The van der Waals surface area contributed by atoms with E-state index >= 15 is 0 Å². The van der Waals surface area contributed by atoms with Crippen LogP contribution in [0.4, 0.5) is 5.69 Å². The summed E-state index contributed by atoms with van der Waals surface area (Å²) in [6.07, 6.45) is 3.54. The molecule has 0 unspecified atom stereocenters. The maximum atomic E-state index is 11.8. The Morgan fingerprint density at radius 3 is 2.83 bits per heavy atom. The summed E-state index contributed by atoms with van der Waals surface area (Å²) in [6.45, 7) is 2.26. The highest BCUT2D eigenvalue weighted by molar-refractivity contribution is 5.92. The highest BCUT2D eigenvalue weighted by atomic mass is 16.5. The number of carbonyl (C=O) groups is 1. The Kier molecular flexibility index (Phi) is 4.49. The summed E-state index contributed by atoms with van der Waals surface area (Å²) < 4.78 is 5.27. The maximum Gasteiger partial charge on any atom is 0.269 e. The van der Waals surface area contributed by atoms with Gasteiger partial charge >= 0.3 is 0 Å². The number of ether oxygens (including phenoxy) is 1. The van der Waals surface area contributed by atoms with Crippen molar-refractivity contribution in [3.05, 3.63) is 24.0 Å². The Bertz CT molecular complexity index is 388. The first-order chi connectivity index (χ1) is 8.79. The van der Waals surface area contributed by atoms with E-state index in [0.717, 1.165) is 26.1 Å². The number of anilines is 1. The molecule has 0 radical (unpaired) electrons. The third kappa shape index (κ3) is 3.41. The van der Waals surface area contributed by atoms with Crippen LogP contribution in [0, 0.1) is 5.92 Å². The molecule has 0 bridgehead atoms. The molecule has 1 fully saturated rings. The average Bonchev–Trinajstić information content (AvgIpc) is 2.46. The molecule has 1 amide bonds. The summed E-state index contributed by atoms with van der Waals surface area (Å²) in [7, 11) is 0. The summed E-state index contributed by atoms with van der Waals surface area (Å²) >= 11 is 0. The molecule has 18 heavy (non-hydrogen) atoms. The van der Waals surface area contributed by atoms with Crippen molar-refractivity contribution in [3.8, 4) is 0 Å². The number of nitrogens with one attached hydrogen (secondary N) is 2. The first kappa shape index (κ1) is 12.8. The van der Waals surface area contributed by atoms with Gasteiger partial charge in [0.1, 0.15) is 5.69 Å². The Morgan fingerprint density at radius 1 is 1.44 bits per heavy atom. The van der Waals surface area contributed by atoms with Crippen LogP contribution in [-0.4, -0.2) is 30.6 Å². The zero-order valence-electron chi connectivity index (χ0n) is 10.2. The molecule has 4 N–H and O–H groups in total. The van der Waals surface area contributed by atoms with Crippen molar-refractivity contribution in [3.63, 3.8) is 0 Å². The van der Waals surface area contributed by atoms with Gasteiger partial charge in [-0.3, -0.25) is 10.6 Å². The molecular formula is C12H18N4O2. The van der Waals surface area contributed by atoms with Crippen molar-refractivity contribution in [2.45, 2.75) is 12.8 Å². The quantitative estimate of drug-likeness (QED) is 0.535. The predicted molar refractivity (Wildman–Crippen MR) is 67.9 cm³/mol. The van der Waals surface area contributed by atoms with E-state index in [-0.39, 0.29) is 5.91 Å². The lowest BCUT2D eigenvalue weighted by atomic mass is 10.0. The van der Waals surface area contributed by atoms with E-state index in [0.29, 0.717) is 23.8 Å². The van der Waals surface area contributed by atoms with E-state index in [4.69, 9.17) is 10.6 Å². The number of pyridine rings is 1. The first-order valence-corrected chi connectivity index (χ1v) is 6.08. The lowest BCUT2D eigenvalue weighted by Gasteiger charge is -2.22. The number of aromatic nitrogens is 1. The molecule has 1 aliphatic rings. The number of carbonyl (C=O) groups excluding carboxylic acids is 1. The number of amides is 1. The van der Waals surface area contributed by atoms with Crippen molar-refractivity contribution < 1.29 is 9.53 Å². The van der Waals surface area contributed by atoms with Gasteiger partial charge in [0.25, 0.3) is 5.91 Å². The number of nitrogens with two attached hydrogens (primary N) is 1. The number of rotatable bonds is 4. The molecule has 6 heteroatoms. The second-order valence-electron chi connectivity index (χ2n) is 4.34. The van der Waals surface area contributed by atoms with E-state index in [1.807, 2.05) is 0 Å². The Balaban J connectivity index is 1.82. The second kappa shape index (κ2) is 6.32. The summed E-state index contributed by atoms with van der Waals surface area (Å²) in [5.41, 5.74) is 3.55. The van der Waals surface area contributed by atoms with E-state index in [1.54, 1.807) is 12.1 Å². The maximum absolute atomic E-state index is 11.8. The third-order valence-corrected chi connectivity index (χ3v) is 3.05. The minimum absolute atomic E-state index is 0.148. The molecule has 1 aliphatic heterocycles. The summed E-state index contributed by atoms with van der Waals surface area (Å²) in [5, 5.41) is 2.90. The fourth-order valence-corrected chi connectivity index (χ4v) is 1.89. The van der Waals surface area contributed by atoms with E-state index < -0.39 is 0 Å². The molecular weight excluding hydrogens is 232 g/mol. The summed E-state index contributed by atoms with van der Waals surface area (Å²) in [4.78, 5) is 15.9. The monoisotopic (exact) mass is 250 g/mol. The molecule has 0 spiro atoms. The summed E-state index contributed by atoms with van der Waals surface area (Å²) in [6, 6.07) is 3.37. The highest BCUT2D eigenvalue weighted by Crippen LogP contribution is 2.13. The van der Waals surface area contributed by atoms with Crippen LogP contribution >= 0.6 is 0 Å². The highest BCUT2D eigenvalue weighted by Gasteiger charge is 2.15. The zero-order valence-corrected chi connectivity index (χ0v) is 10.2. The molecule has 0 aromatic carbocycles. The predicted octanol–water partition coefficient (Wildman–Crippen LogP) is 0.524. The minimum Gasteiger partial charge on any atom is -0.381 e. The second-order valence-corrected chi connectivity index (χ2v) is 4.34. The average molecular weight is 250 g/mol. The lowest BCUT2D eigenvalue weighted by molar-refractivity contribution is 0.0642. The minimum atomic E-state index is -0.148.